The number of halogens is 1. The molecule has 3 nitrogen and oxygen atoms in total. The Morgan fingerprint density at radius 1 is 1.39 bits per heavy atom. The maximum absolute atomic E-state index is 12.1. The molecule has 0 unspecified atom stereocenters. The third kappa shape index (κ3) is 5.52. The fourth-order valence-corrected chi connectivity index (χ4v) is 4.33. The fourth-order valence-electron chi connectivity index (χ4n) is 2.24. The van der Waals surface area contributed by atoms with Crippen LogP contribution in [-0.2, 0) is 17.0 Å². The molecule has 0 radical (unpaired) electrons. The maximum Gasteiger partial charge on any atom is 0.234 e. The lowest BCUT2D eigenvalue weighted by Crippen LogP contribution is -2.15. The highest BCUT2D eigenvalue weighted by atomic mass is 35.5. The van der Waals surface area contributed by atoms with Gasteiger partial charge in [-0.25, -0.2) is 4.98 Å². The quantitative estimate of drug-likeness (QED) is 0.726. The summed E-state index contributed by atoms with van der Waals surface area (Å²) in [7, 11) is 0. The summed E-state index contributed by atoms with van der Waals surface area (Å²) in [6.07, 6.45) is 2.14. The van der Waals surface area contributed by atoms with Gasteiger partial charge in [-0.3, -0.25) is 4.79 Å². The summed E-state index contributed by atoms with van der Waals surface area (Å²) in [5.41, 5.74) is 3.84. The van der Waals surface area contributed by atoms with Crippen LogP contribution in [0, 0.1) is 13.8 Å². The molecule has 0 spiro atoms. The number of amides is 1. The molecule has 6 heteroatoms. The minimum Gasteiger partial charge on any atom is -0.324 e. The van der Waals surface area contributed by atoms with Crippen molar-refractivity contribution in [2.75, 3.05) is 11.1 Å². The standard InChI is InChI=1S/C17H21ClN2OS2/c1-4-5-16-19-13(9-23-16)8-22-10-15(21)20-17-12(3)6-11(2)7-14(17)18/h6-7,9H,4-5,8,10H2,1-3H3,(H,20,21). The van der Waals surface area contributed by atoms with Crippen molar-refractivity contribution in [3.8, 4) is 0 Å². The van der Waals surface area contributed by atoms with Crippen molar-refractivity contribution in [1.82, 2.24) is 4.98 Å². The van der Waals surface area contributed by atoms with Crippen LogP contribution in [-0.4, -0.2) is 16.6 Å². The molecule has 0 aliphatic heterocycles. The van der Waals surface area contributed by atoms with Crippen LogP contribution in [0.3, 0.4) is 0 Å². The van der Waals surface area contributed by atoms with E-state index in [1.165, 1.54) is 5.01 Å². The van der Waals surface area contributed by atoms with E-state index in [1.54, 1.807) is 23.1 Å². The molecule has 1 aromatic carbocycles. The molecule has 0 saturated heterocycles. The number of rotatable bonds is 7. The highest BCUT2D eigenvalue weighted by Gasteiger charge is 2.10. The molecule has 1 aromatic heterocycles. The first-order valence-electron chi connectivity index (χ1n) is 7.57. The zero-order valence-electron chi connectivity index (χ0n) is 13.6. The molecule has 124 valence electrons. The number of anilines is 1. The Bertz CT molecular complexity index is 662. The SMILES string of the molecule is CCCc1nc(CSCC(=O)Nc2c(C)cc(C)cc2Cl)cs1. The lowest BCUT2D eigenvalue weighted by molar-refractivity contribution is -0.113. The second-order valence-electron chi connectivity index (χ2n) is 5.46. The third-order valence-electron chi connectivity index (χ3n) is 3.24. The van der Waals surface area contributed by atoms with Crippen molar-refractivity contribution >= 4 is 46.3 Å². The summed E-state index contributed by atoms with van der Waals surface area (Å²) in [6.45, 7) is 6.09. The van der Waals surface area contributed by atoms with Gasteiger partial charge in [-0.05, 0) is 43.9 Å². The number of thioether (sulfide) groups is 1. The van der Waals surface area contributed by atoms with Gasteiger partial charge in [0.05, 0.1) is 27.2 Å². The Hall–Kier alpha value is -1.04. The average Bonchev–Trinajstić information content (AvgIpc) is 2.91. The number of hydrogen-bond donors (Lipinski definition) is 1. The lowest BCUT2D eigenvalue weighted by atomic mass is 10.1. The lowest BCUT2D eigenvalue weighted by Gasteiger charge is -2.11. The van der Waals surface area contributed by atoms with Crippen molar-refractivity contribution in [2.45, 2.75) is 39.4 Å². The number of aromatic nitrogens is 1. The Balaban J connectivity index is 1.83. The van der Waals surface area contributed by atoms with E-state index in [9.17, 15) is 4.79 Å². The van der Waals surface area contributed by atoms with E-state index in [2.05, 4.69) is 22.6 Å². The summed E-state index contributed by atoms with van der Waals surface area (Å²) in [6, 6.07) is 3.88. The highest BCUT2D eigenvalue weighted by molar-refractivity contribution is 7.99. The first-order chi connectivity index (χ1) is 11.0. The van der Waals surface area contributed by atoms with Crippen LogP contribution in [0.4, 0.5) is 5.69 Å². The predicted molar refractivity (Wildman–Crippen MR) is 102 cm³/mol. The fraction of sp³-hybridized carbons (Fsp3) is 0.412. The zero-order chi connectivity index (χ0) is 16.8. The van der Waals surface area contributed by atoms with Crippen molar-refractivity contribution in [3.63, 3.8) is 0 Å². The molecule has 0 saturated carbocycles. The van der Waals surface area contributed by atoms with Crippen LogP contribution in [0.1, 0.15) is 35.2 Å². The second-order valence-corrected chi connectivity index (χ2v) is 7.80. The summed E-state index contributed by atoms with van der Waals surface area (Å²) in [4.78, 5) is 16.7. The topological polar surface area (TPSA) is 42.0 Å². The number of hydrogen-bond acceptors (Lipinski definition) is 4. The first kappa shape index (κ1) is 18.3. The number of aryl methyl sites for hydroxylation is 3. The minimum atomic E-state index is -0.0344. The molecular formula is C17H21ClN2OS2. The van der Waals surface area contributed by atoms with Crippen molar-refractivity contribution in [3.05, 3.63) is 44.4 Å². The summed E-state index contributed by atoms with van der Waals surface area (Å²) in [5, 5.41) is 6.75. The Morgan fingerprint density at radius 2 is 2.17 bits per heavy atom. The van der Waals surface area contributed by atoms with E-state index in [1.807, 2.05) is 26.0 Å². The van der Waals surface area contributed by atoms with Crippen LogP contribution in [0.2, 0.25) is 5.02 Å². The molecular weight excluding hydrogens is 348 g/mol. The van der Waals surface area contributed by atoms with E-state index in [0.29, 0.717) is 16.5 Å². The van der Waals surface area contributed by atoms with Crippen LogP contribution >= 0.6 is 34.7 Å². The molecule has 2 aromatic rings. The maximum atomic E-state index is 12.1. The third-order valence-corrected chi connectivity index (χ3v) is 5.46. The van der Waals surface area contributed by atoms with Gasteiger partial charge in [-0.1, -0.05) is 24.6 Å². The molecule has 0 aliphatic carbocycles. The van der Waals surface area contributed by atoms with Gasteiger partial charge in [0.2, 0.25) is 5.91 Å². The second kappa shape index (κ2) is 8.71. The average molecular weight is 369 g/mol. The van der Waals surface area contributed by atoms with Crippen LogP contribution < -0.4 is 5.32 Å². The van der Waals surface area contributed by atoms with Gasteiger partial charge >= 0.3 is 0 Å². The summed E-state index contributed by atoms with van der Waals surface area (Å²) >= 11 is 9.48. The summed E-state index contributed by atoms with van der Waals surface area (Å²) in [5.74, 6) is 1.12. The van der Waals surface area contributed by atoms with Crippen molar-refractivity contribution in [1.29, 1.82) is 0 Å². The van der Waals surface area contributed by atoms with Gasteiger partial charge < -0.3 is 5.32 Å². The number of thiazole rings is 1. The van der Waals surface area contributed by atoms with Crippen molar-refractivity contribution < 1.29 is 4.79 Å². The first-order valence-corrected chi connectivity index (χ1v) is 9.98. The molecule has 1 heterocycles. The molecule has 23 heavy (non-hydrogen) atoms. The molecule has 0 aliphatic rings. The largest absolute Gasteiger partial charge is 0.324 e. The molecule has 1 amide bonds. The van der Waals surface area contributed by atoms with E-state index in [0.717, 1.165) is 35.4 Å². The van der Waals surface area contributed by atoms with Gasteiger partial charge in [-0.15, -0.1) is 23.1 Å². The number of nitrogens with zero attached hydrogens (tertiary/aromatic N) is 1. The molecule has 0 atom stereocenters. The number of benzene rings is 1. The van der Waals surface area contributed by atoms with Gasteiger partial charge in [-0.2, -0.15) is 0 Å². The number of carbonyl (C=O) groups is 1. The van der Waals surface area contributed by atoms with E-state index in [4.69, 9.17) is 11.6 Å². The summed E-state index contributed by atoms with van der Waals surface area (Å²) < 4.78 is 0. The van der Waals surface area contributed by atoms with Gasteiger partial charge in [0.1, 0.15) is 0 Å². The molecule has 0 bridgehead atoms. The Morgan fingerprint density at radius 3 is 2.87 bits per heavy atom. The van der Waals surface area contributed by atoms with Gasteiger partial charge in [0.25, 0.3) is 0 Å². The van der Waals surface area contributed by atoms with Crippen LogP contribution in [0.15, 0.2) is 17.5 Å². The number of carbonyl (C=O) groups excluding carboxylic acids is 1. The van der Waals surface area contributed by atoms with Crippen LogP contribution in [0.25, 0.3) is 0 Å². The van der Waals surface area contributed by atoms with E-state index in [-0.39, 0.29) is 5.91 Å². The smallest absolute Gasteiger partial charge is 0.234 e. The van der Waals surface area contributed by atoms with Gasteiger partial charge in [0.15, 0.2) is 0 Å². The Kier molecular flexibility index (Phi) is 6.93. The zero-order valence-corrected chi connectivity index (χ0v) is 16.0. The molecule has 1 N–H and O–H groups in total. The molecule has 2 rings (SSSR count). The highest BCUT2D eigenvalue weighted by Crippen LogP contribution is 2.27. The predicted octanol–water partition coefficient (Wildman–Crippen LogP) is 5.24. The van der Waals surface area contributed by atoms with Gasteiger partial charge in [0, 0.05) is 11.1 Å². The number of nitrogens with one attached hydrogen (secondary N) is 1. The minimum absolute atomic E-state index is 0.0344. The monoisotopic (exact) mass is 368 g/mol. The van der Waals surface area contributed by atoms with Crippen molar-refractivity contribution in [2.24, 2.45) is 0 Å². The van der Waals surface area contributed by atoms with Crippen LogP contribution in [0.5, 0.6) is 0 Å². The Labute approximate surface area is 150 Å². The molecule has 0 fully saturated rings. The van der Waals surface area contributed by atoms with E-state index < -0.39 is 0 Å². The normalized spacial score (nSPS) is 10.8. The van der Waals surface area contributed by atoms with E-state index >= 15 is 0 Å².